The molecular weight excluding hydrogens is 326 g/mol. The molecule has 0 heterocycles. The summed E-state index contributed by atoms with van der Waals surface area (Å²) < 4.78 is 11.1. The number of carbonyl (C=O) groups is 1. The van der Waals surface area contributed by atoms with Crippen LogP contribution in [0.5, 0.6) is 5.75 Å². The van der Waals surface area contributed by atoms with E-state index >= 15 is 0 Å². The molecule has 4 nitrogen and oxygen atoms in total. The van der Waals surface area contributed by atoms with Gasteiger partial charge in [-0.15, -0.1) is 0 Å². The Balaban J connectivity index is 1.58. The van der Waals surface area contributed by atoms with Gasteiger partial charge in [-0.05, 0) is 41.5 Å². The van der Waals surface area contributed by atoms with Gasteiger partial charge in [-0.25, -0.2) is 4.79 Å². The average molecular weight is 343 g/mol. The van der Waals surface area contributed by atoms with Crippen molar-refractivity contribution in [3.8, 4) is 11.8 Å². The van der Waals surface area contributed by atoms with Crippen LogP contribution in [0.25, 0.3) is 0 Å². The van der Waals surface area contributed by atoms with E-state index in [1.165, 1.54) is 0 Å². The molecule has 0 aliphatic heterocycles. The molecule has 26 heavy (non-hydrogen) atoms. The maximum Gasteiger partial charge on any atom is 0.338 e. The van der Waals surface area contributed by atoms with Crippen LogP contribution in [-0.2, 0) is 18.0 Å². The van der Waals surface area contributed by atoms with Crippen molar-refractivity contribution in [3.05, 3.63) is 101 Å². The summed E-state index contributed by atoms with van der Waals surface area (Å²) in [6.07, 6.45) is 0. The van der Waals surface area contributed by atoms with E-state index in [1.54, 1.807) is 48.5 Å². The van der Waals surface area contributed by atoms with Gasteiger partial charge in [0.25, 0.3) is 0 Å². The Morgan fingerprint density at radius 3 is 2.31 bits per heavy atom. The van der Waals surface area contributed by atoms with Crippen molar-refractivity contribution in [3.63, 3.8) is 0 Å². The van der Waals surface area contributed by atoms with Crippen LogP contribution in [-0.4, -0.2) is 5.97 Å². The topological polar surface area (TPSA) is 59.3 Å². The fourth-order valence-electron chi connectivity index (χ4n) is 2.36. The zero-order valence-electron chi connectivity index (χ0n) is 14.1. The van der Waals surface area contributed by atoms with E-state index in [2.05, 4.69) is 6.07 Å². The molecule has 4 heteroatoms. The lowest BCUT2D eigenvalue weighted by atomic mass is 10.1. The van der Waals surface area contributed by atoms with Crippen molar-refractivity contribution in [2.24, 2.45) is 0 Å². The summed E-state index contributed by atoms with van der Waals surface area (Å²) in [5, 5.41) is 8.79. The molecule has 0 amide bonds. The summed E-state index contributed by atoms with van der Waals surface area (Å²) in [7, 11) is 0. The number of rotatable bonds is 6. The van der Waals surface area contributed by atoms with Crippen LogP contribution in [0.4, 0.5) is 0 Å². The summed E-state index contributed by atoms with van der Waals surface area (Å²) in [5.41, 5.74) is 2.89. The first-order valence-corrected chi connectivity index (χ1v) is 8.17. The first-order valence-electron chi connectivity index (χ1n) is 8.17. The quantitative estimate of drug-likeness (QED) is 0.619. The minimum Gasteiger partial charge on any atom is -0.489 e. The third kappa shape index (κ3) is 4.71. The molecule has 3 rings (SSSR count). The minimum absolute atomic E-state index is 0.152. The van der Waals surface area contributed by atoms with Crippen molar-refractivity contribution in [2.75, 3.05) is 0 Å². The Morgan fingerprint density at radius 1 is 0.846 bits per heavy atom. The standard InChI is InChI=1S/C22H17NO3/c23-14-17-9-11-19(12-10-17)16-26-22(24)20-7-4-8-21(13-20)25-15-18-5-2-1-3-6-18/h1-13H,15-16H2. The molecule has 128 valence electrons. The fraction of sp³-hybridized carbons (Fsp3) is 0.0909. The van der Waals surface area contributed by atoms with E-state index in [-0.39, 0.29) is 6.61 Å². The zero-order valence-corrected chi connectivity index (χ0v) is 14.1. The third-order valence-corrected chi connectivity index (χ3v) is 3.77. The van der Waals surface area contributed by atoms with Gasteiger partial charge in [0.1, 0.15) is 19.0 Å². The molecule has 0 saturated carbocycles. The van der Waals surface area contributed by atoms with Crippen LogP contribution in [0, 0.1) is 11.3 Å². The lowest BCUT2D eigenvalue weighted by Gasteiger charge is -2.09. The number of hydrogen-bond donors (Lipinski definition) is 0. The highest BCUT2D eigenvalue weighted by molar-refractivity contribution is 5.89. The summed E-state index contributed by atoms with van der Waals surface area (Å²) in [6, 6.07) is 25.7. The van der Waals surface area contributed by atoms with Gasteiger partial charge in [0.05, 0.1) is 17.2 Å². The van der Waals surface area contributed by atoms with Crippen molar-refractivity contribution >= 4 is 5.97 Å². The molecule has 0 spiro atoms. The molecule has 0 aliphatic rings. The van der Waals surface area contributed by atoms with Gasteiger partial charge < -0.3 is 9.47 Å². The molecule has 3 aromatic carbocycles. The van der Waals surface area contributed by atoms with E-state index in [0.29, 0.717) is 23.5 Å². The molecule has 0 saturated heterocycles. The van der Waals surface area contributed by atoms with Gasteiger partial charge in [-0.3, -0.25) is 0 Å². The van der Waals surface area contributed by atoms with Crippen molar-refractivity contribution in [2.45, 2.75) is 13.2 Å². The van der Waals surface area contributed by atoms with E-state index in [0.717, 1.165) is 11.1 Å². The van der Waals surface area contributed by atoms with E-state index in [4.69, 9.17) is 14.7 Å². The highest BCUT2D eigenvalue weighted by Gasteiger charge is 2.09. The second-order valence-corrected chi connectivity index (χ2v) is 5.69. The molecule has 0 atom stereocenters. The molecule has 0 N–H and O–H groups in total. The predicted molar refractivity (Wildman–Crippen MR) is 97.5 cm³/mol. The van der Waals surface area contributed by atoms with Gasteiger partial charge in [0.2, 0.25) is 0 Å². The van der Waals surface area contributed by atoms with Gasteiger partial charge in [-0.2, -0.15) is 5.26 Å². The molecule has 3 aromatic rings. The van der Waals surface area contributed by atoms with Gasteiger partial charge >= 0.3 is 5.97 Å². The molecular formula is C22H17NO3. The number of nitrogens with zero attached hydrogens (tertiary/aromatic N) is 1. The number of benzene rings is 3. The monoisotopic (exact) mass is 343 g/mol. The SMILES string of the molecule is N#Cc1ccc(COC(=O)c2cccc(OCc3ccccc3)c2)cc1. The number of ether oxygens (including phenoxy) is 2. The van der Waals surface area contributed by atoms with Gasteiger partial charge in [0, 0.05) is 0 Å². The lowest BCUT2D eigenvalue weighted by molar-refractivity contribution is 0.0472. The highest BCUT2D eigenvalue weighted by atomic mass is 16.5. The molecule has 0 aromatic heterocycles. The summed E-state index contributed by atoms with van der Waals surface area (Å²) >= 11 is 0. The summed E-state index contributed by atoms with van der Waals surface area (Å²) in [5.74, 6) is 0.196. The number of esters is 1. The first-order chi connectivity index (χ1) is 12.7. The summed E-state index contributed by atoms with van der Waals surface area (Å²) in [4.78, 5) is 12.2. The Hall–Kier alpha value is -3.58. The average Bonchev–Trinajstić information content (AvgIpc) is 2.72. The highest BCUT2D eigenvalue weighted by Crippen LogP contribution is 2.16. The lowest BCUT2D eigenvalue weighted by Crippen LogP contribution is -2.05. The van der Waals surface area contributed by atoms with Crippen LogP contribution >= 0.6 is 0 Å². The third-order valence-electron chi connectivity index (χ3n) is 3.77. The van der Waals surface area contributed by atoms with E-state index in [9.17, 15) is 4.79 Å². The Labute approximate surface area is 152 Å². The second-order valence-electron chi connectivity index (χ2n) is 5.69. The van der Waals surface area contributed by atoms with Crippen molar-refractivity contribution < 1.29 is 14.3 Å². The van der Waals surface area contributed by atoms with Crippen LogP contribution in [0.1, 0.15) is 27.0 Å². The normalized spacial score (nSPS) is 9.96. The van der Waals surface area contributed by atoms with Crippen molar-refractivity contribution in [1.82, 2.24) is 0 Å². The maximum absolute atomic E-state index is 12.2. The van der Waals surface area contributed by atoms with Crippen LogP contribution in [0.3, 0.4) is 0 Å². The first kappa shape index (κ1) is 17.2. The largest absolute Gasteiger partial charge is 0.489 e. The zero-order chi connectivity index (χ0) is 18.2. The van der Waals surface area contributed by atoms with Crippen LogP contribution < -0.4 is 4.74 Å². The number of carbonyl (C=O) groups excluding carboxylic acids is 1. The van der Waals surface area contributed by atoms with Crippen molar-refractivity contribution in [1.29, 1.82) is 5.26 Å². The van der Waals surface area contributed by atoms with E-state index in [1.807, 2.05) is 30.3 Å². The maximum atomic E-state index is 12.2. The molecule has 0 unspecified atom stereocenters. The number of nitriles is 1. The van der Waals surface area contributed by atoms with Gasteiger partial charge in [-0.1, -0.05) is 48.5 Å². The van der Waals surface area contributed by atoms with Crippen LogP contribution in [0.15, 0.2) is 78.9 Å². The smallest absolute Gasteiger partial charge is 0.338 e. The van der Waals surface area contributed by atoms with E-state index < -0.39 is 5.97 Å². The molecule has 0 aliphatic carbocycles. The van der Waals surface area contributed by atoms with Gasteiger partial charge in [0.15, 0.2) is 0 Å². The second kappa shape index (κ2) is 8.50. The Kier molecular flexibility index (Phi) is 5.64. The Bertz CT molecular complexity index is 912. The minimum atomic E-state index is -0.417. The molecule has 0 fully saturated rings. The Morgan fingerprint density at radius 2 is 1.58 bits per heavy atom. The number of hydrogen-bond acceptors (Lipinski definition) is 4. The van der Waals surface area contributed by atoms with Crippen LogP contribution in [0.2, 0.25) is 0 Å². The molecule has 0 radical (unpaired) electrons. The summed E-state index contributed by atoms with van der Waals surface area (Å²) in [6.45, 7) is 0.588. The predicted octanol–water partition coefficient (Wildman–Crippen LogP) is 4.49. The molecule has 0 bridgehead atoms. The fourth-order valence-corrected chi connectivity index (χ4v) is 2.36.